The first-order valence-corrected chi connectivity index (χ1v) is 7.84. The SMILES string of the molecule is CC1CN(C(=O)Cc2ccccc2)CC(c2ccc(F)cc2)O1. The van der Waals surface area contributed by atoms with Gasteiger partial charge in [0.25, 0.3) is 0 Å². The number of morpholine rings is 1. The maximum Gasteiger partial charge on any atom is 0.227 e. The molecule has 1 amide bonds. The molecule has 4 heteroatoms. The van der Waals surface area contributed by atoms with Crippen molar-refractivity contribution in [2.24, 2.45) is 0 Å². The smallest absolute Gasteiger partial charge is 0.227 e. The van der Waals surface area contributed by atoms with Crippen LogP contribution in [-0.4, -0.2) is 30.0 Å². The van der Waals surface area contributed by atoms with Gasteiger partial charge in [0.2, 0.25) is 5.91 Å². The molecule has 0 spiro atoms. The molecule has 1 saturated heterocycles. The highest BCUT2D eigenvalue weighted by molar-refractivity contribution is 5.79. The largest absolute Gasteiger partial charge is 0.367 e. The summed E-state index contributed by atoms with van der Waals surface area (Å²) in [6.07, 6.45) is 0.140. The Morgan fingerprint density at radius 3 is 2.52 bits per heavy atom. The normalized spacial score (nSPS) is 21.2. The van der Waals surface area contributed by atoms with Gasteiger partial charge in [-0.25, -0.2) is 4.39 Å². The number of hydrogen-bond donors (Lipinski definition) is 0. The molecular weight excluding hydrogens is 293 g/mol. The molecule has 2 unspecified atom stereocenters. The number of carbonyl (C=O) groups excluding carboxylic acids is 1. The number of amides is 1. The number of nitrogens with zero attached hydrogens (tertiary/aromatic N) is 1. The number of halogens is 1. The van der Waals surface area contributed by atoms with Gasteiger partial charge in [-0.3, -0.25) is 4.79 Å². The molecular formula is C19H20FNO2. The Morgan fingerprint density at radius 2 is 1.83 bits per heavy atom. The second-order valence-electron chi connectivity index (χ2n) is 5.95. The molecule has 2 atom stereocenters. The Labute approximate surface area is 135 Å². The van der Waals surface area contributed by atoms with Crippen molar-refractivity contribution >= 4 is 5.91 Å². The monoisotopic (exact) mass is 313 g/mol. The van der Waals surface area contributed by atoms with Gasteiger partial charge in [0, 0.05) is 6.54 Å². The van der Waals surface area contributed by atoms with Crippen molar-refractivity contribution in [3.63, 3.8) is 0 Å². The van der Waals surface area contributed by atoms with Crippen molar-refractivity contribution in [2.45, 2.75) is 25.6 Å². The van der Waals surface area contributed by atoms with E-state index < -0.39 is 0 Å². The van der Waals surface area contributed by atoms with Crippen molar-refractivity contribution < 1.29 is 13.9 Å². The summed E-state index contributed by atoms with van der Waals surface area (Å²) in [6, 6.07) is 16.0. The Balaban J connectivity index is 1.70. The standard InChI is InChI=1S/C19H20FNO2/c1-14-12-21(19(22)11-15-5-3-2-4-6-15)13-18(23-14)16-7-9-17(20)10-8-16/h2-10,14,18H,11-13H2,1H3. The molecule has 3 nitrogen and oxygen atoms in total. The molecule has 0 aromatic heterocycles. The predicted octanol–water partition coefficient (Wildman–Crippen LogP) is 3.36. The Morgan fingerprint density at radius 1 is 1.13 bits per heavy atom. The van der Waals surface area contributed by atoms with Crippen molar-refractivity contribution in [2.75, 3.05) is 13.1 Å². The molecule has 0 radical (unpaired) electrons. The van der Waals surface area contributed by atoms with Gasteiger partial charge < -0.3 is 9.64 Å². The summed E-state index contributed by atoms with van der Waals surface area (Å²) in [5.74, 6) is -0.173. The van der Waals surface area contributed by atoms with E-state index in [0.29, 0.717) is 19.5 Å². The second kappa shape index (κ2) is 6.92. The molecule has 1 heterocycles. The van der Waals surface area contributed by atoms with Crippen LogP contribution in [0.1, 0.15) is 24.2 Å². The van der Waals surface area contributed by atoms with Crippen LogP contribution < -0.4 is 0 Å². The second-order valence-corrected chi connectivity index (χ2v) is 5.95. The van der Waals surface area contributed by atoms with Crippen LogP contribution >= 0.6 is 0 Å². The first kappa shape index (κ1) is 15.7. The molecule has 0 saturated carbocycles. The van der Waals surface area contributed by atoms with E-state index in [9.17, 15) is 9.18 Å². The van der Waals surface area contributed by atoms with Crippen LogP contribution in [0.4, 0.5) is 4.39 Å². The number of hydrogen-bond acceptors (Lipinski definition) is 2. The van der Waals surface area contributed by atoms with Crippen LogP contribution in [0.5, 0.6) is 0 Å². The first-order chi connectivity index (χ1) is 11.1. The number of carbonyl (C=O) groups is 1. The van der Waals surface area contributed by atoms with Gasteiger partial charge in [0.1, 0.15) is 11.9 Å². The lowest BCUT2D eigenvalue weighted by atomic mass is 10.1. The van der Waals surface area contributed by atoms with E-state index >= 15 is 0 Å². The Kier molecular flexibility index (Phi) is 4.72. The van der Waals surface area contributed by atoms with Gasteiger partial charge in [-0.05, 0) is 30.2 Å². The fraction of sp³-hybridized carbons (Fsp3) is 0.316. The topological polar surface area (TPSA) is 29.5 Å². The number of rotatable bonds is 3. The van der Waals surface area contributed by atoms with Crippen LogP contribution in [0.3, 0.4) is 0 Å². The van der Waals surface area contributed by atoms with E-state index in [2.05, 4.69) is 0 Å². The Bertz CT molecular complexity index is 657. The molecule has 23 heavy (non-hydrogen) atoms. The minimum absolute atomic E-state index is 0.0430. The van der Waals surface area contributed by atoms with Crippen molar-refractivity contribution in [3.8, 4) is 0 Å². The summed E-state index contributed by atoms with van der Waals surface area (Å²) in [4.78, 5) is 14.4. The van der Waals surface area contributed by atoms with E-state index in [1.165, 1.54) is 12.1 Å². The van der Waals surface area contributed by atoms with Gasteiger partial charge in [0.05, 0.1) is 19.1 Å². The highest BCUT2D eigenvalue weighted by Gasteiger charge is 2.29. The maximum atomic E-state index is 13.1. The third-order valence-corrected chi connectivity index (χ3v) is 4.05. The average molecular weight is 313 g/mol. The van der Waals surface area contributed by atoms with E-state index in [1.807, 2.05) is 42.2 Å². The third kappa shape index (κ3) is 3.96. The van der Waals surface area contributed by atoms with E-state index in [1.54, 1.807) is 12.1 Å². The summed E-state index contributed by atoms with van der Waals surface area (Å²) >= 11 is 0. The average Bonchev–Trinajstić information content (AvgIpc) is 2.56. The predicted molar refractivity (Wildman–Crippen MR) is 86.4 cm³/mol. The summed E-state index contributed by atoms with van der Waals surface area (Å²) < 4.78 is 19.0. The zero-order valence-electron chi connectivity index (χ0n) is 13.1. The summed E-state index contributed by atoms with van der Waals surface area (Å²) in [5, 5.41) is 0. The lowest BCUT2D eigenvalue weighted by Crippen LogP contribution is -2.46. The van der Waals surface area contributed by atoms with Crippen molar-refractivity contribution in [1.82, 2.24) is 4.90 Å². The molecule has 0 aliphatic carbocycles. The van der Waals surface area contributed by atoms with Gasteiger partial charge >= 0.3 is 0 Å². The van der Waals surface area contributed by atoms with Gasteiger partial charge in [-0.1, -0.05) is 42.5 Å². The first-order valence-electron chi connectivity index (χ1n) is 7.84. The lowest BCUT2D eigenvalue weighted by molar-refractivity contribution is -0.144. The van der Waals surface area contributed by atoms with E-state index in [0.717, 1.165) is 11.1 Å². The molecule has 1 fully saturated rings. The molecule has 0 N–H and O–H groups in total. The van der Waals surface area contributed by atoms with Crippen molar-refractivity contribution in [1.29, 1.82) is 0 Å². The number of benzene rings is 2. The Hall–Kier alpha value is -2.20. The van der Waals surface area contributed by atoms with E-state index in [-0.39, 0.29) is 23.9 Å². The molecule has 1 aliphatic rings. The minimum Gasteiger partial charge on any atom is -0.367 e. The highest BCUT2D eigenvalue weighted by atomic mass is 19.1. The van der Waals surface area contributed by atoms with Gasteiger partial charge in [-0.15, -0.1) is 0 Å². The zero-order valence-corrected chi connectivity index (χ0v) is 13.1. The van der Waals surface area contributed by atoms with Crippen LogP contribution in [0.2, 0.25) is 0 Å². The van der Waals surface area contributed by atoms with Crippen LogP contribution in [0, 0.1) is 5.82 Å². The van der Waals surface area contributed by atoms with Gasteiger partial charge in [-0.2, -0.15) is 0 Å². The molecule has 2 aromatic rings. The van der Waals surface area contributed by atoms with Crippen LogP contribution in [0.25, 0.3) is 0 Å². The molecule has 0 bridgehead atoms. The number of ether oxygens (including phenoxy) is 1. The van der Waals surface area contributed by atoms with Crippen LogP contribution in [0.15, 0.2) is 54.6 Å². The van der Waals surface area contributed by atoms with Crippen molar-refractivity contribution in [3.05, 3.63) is 71.5 Å². The fourth-order valence-electron chi connectivity index (χ4n) is 2.90. The van der Waals surface area contributed by atoms with Gasteiger partial charge in [0.15, 0.2) is 0 Å². The van der Waals surface area contributed by atoms with E-state index in [4.69, 9.17) is 4.74 Å². The zero-order chi connectivity index (χ0) is 16.2. The molecule has 2 aromatic carbocycles. The third-order valence-electron chi connectivity index (χ3n) is 4.05. The summed E-state index contributed by atoms with van der Waals surface area (Å²) in [7, 11) is 0. The van der Waals surface area contributed by atoms with Crippen LogP contribution in [-0.2, 0) is 16.0 Å². The molecule has 1 aliphatic heterocycles. The maximum absolute atomic E-state index is 13.1. The highest BCUT2D eigenvalue weighted by Crippen LogP contribution is 2.25. The summed E-state index contributed by atoms with van der Waals surface area (Å²) in [5.41, 5.74) is 1.91. The summed E-state index contributed by atoms with van der Waals surface area (Å²) in [6.45, 7) is 3.05. The lowest BCUT2D eigenvalue weighted by Gasteiger charge is -2.37. The fourth-order valence-corrected chi connectivity index (χ4v) is 2.90. The molecule has 3 rings (SSSR count). The molecule has 120 valence electrons. The quantitative estimate of drug-likeness (QED) is 0.869. The minimum atomic E-state index is -0.269.